The summed E-state index contributed by atoms with van der Waals surface area (Å²) in [5.41, 5.74) is -0.0638. The highest BCUT2D eigenvalue weighted by Gasteiger charge is 2.47. The van der Waals surface area contributed by atoms with Crippen molar-refractivity contribution in [3.05, 3.63) is 17.7 Å². The van der Waals surface area contributed by atoms with Crippen LogP contribution in [-0.4, -0.2) is 63.1 Å². The van der Waals surface area contributed by atoms with E-state index < -0.39 is 29.1 Å². The standard InChI is InChI=1S/C23H33NO7/c1-8-23(3,4)20(25)21(26)24-11-10-15(18(24)22(27)31-9-2)14-12-16(28-5)19(30-7)17(13-14)29-6/h12-13,15,18H,8-11H2,1-7H3/t15?,18-/m0/s1. The Kier molecular flexibility index (Phi) is 7.92. The lowest BCUT2D eigenvalue weighted by Gasteiger charge is -2.29. The Balaban J connectivity index is 2.50. The Hall–Kier alpha value is -2.77. The van der Waals surface area contributed by atoms with Gasteiger partial charge >= 0.3 is 5.97 Å². The van der Waals surface area contributed by atoms with Crippen molar-refractivity contribution >= 4 is 17.7 Å². The summed E-state index contributed by atoms with van der Waals surface area (Å²) in [5.74, 6) is -0.731. The fraction of sp³-hybridized carbons (Fsp3) is 0.609. The Labute approximate surface area is 183 Å². The zero-order chi connectivity index (χ0) is 23.3. The van der Waals surface area contributed by atoms with E-state index in [-0.39, 0.29) is 19.1 Å². The summed E-state index contributed by atoms with van der Waals surface area (Å²) >= 11 is 0. The van der Waals surface area contributed by atoms with Gasteiger partial charge in [-0.25, -0.2) is 4.79 Å². The van der Waals surface area contributed by atoms with Crippen molar-refractivity contribution in [3.63, 3.8) is 0 Å². The number of benzene rings is 1. The molecule has 1 amide bonds. The Morgan fingerprint density at radius 1 is 1.03 bits per heavy atom. The Morgan fingerprint density at radius 3 is 2.06 bits per heavy atom. The van der Waals surface area contributed by atoms with Crippen LogP contribution >= 0.6 is 0 Å². The molecule has 0 spiro atoms. The molecular formula is C23H33NO7. The summed E-state index contributed by atoms with van der Waals surface area (Å²) in [7, 11) is 4.54. The van der Waals surface area contributed by atoms with Crippen LogP contribution in [0.1, 0.15) is 52.0 Å². The molecule has 0 radical (unpaired) electrons. The van der Waals surface area contributed by atoms with Crippen molar-refractivity contribution in [2.75, 3.05) is 34.5 Å². The third-order valence-corrected chi connectivity index (χ3v) is 5.99. The molecule has 0 aromatic heterocycles. The van der Waals surface area contributed by atoms with E-state index in [4.69, 9.17) is 18.9 Å². The summed E-state index contributed by atoms with van der Waals surface area (Å²) < 4.78 is 21.5. The number of ketones is 1. The van der Waals surface area contributed by atoms with Crippen LogP contribution in [0.2, 0.25) is 0 Å². The Morgan fingerprint density at radius 2 is 1.61 bits per heavy atom. The van der Waals surface area contributed by atoms with E-state index >= 15 is 0 Å². The highest BCUT2D eigenvalue weighted by Crippen LogP contribution is 2.44. The minimum atomic E-state index is -0.910. The second-order valence-corrected chi connectivity index (χ2v) is 8.12. The lowest BCUT2D eigenvalue weighted by molar-refractivity contribution is -0.157. The first-order valence-corrected chi connectivity index (χ1v) is 10.5. The number of carbonyl (C=O) groups excluding carboxylic acids is 3. The minimum Gasteiger partial charge on any atom is -0.493 e. The van der Waals surface area contributed by atoms with Crippen LogP contribution in [0, 0.1) is 5.41 Å². The average Bonchev–Trinajstić information content (AvgIpc) is 3.22. The number of ether oxygens (including phenoxy) is 4. The number of hydrogen-bond acceptors (Lipinski definition) is 7. The quantitative estimate of drug-likeness (QED) is 0.435. The van der Waals surface area contributed by atoms with Crippen molar-refractivity contribution in [3.8, 4) is 17.2 Å². The molecule has 1 unspecified atom stereocenters. The lowest BCUT2D eigenvalue weighted by atomic mass is 9.84. The van der Waals surface area contributed by atoms with Gasteiger partial charge in [0, 0.05) is 17.9 Å². The molecule has 1 aromatic carbocycles. The number of carbonyl (C=O) groups is 3. The summed E-state index contributed by atoms with van der Waals surface area (Å²) in [6, 6.07) is 2.63. The van der Waals surface area contributed by atoms with Gasteiger partial charge in [-0.3, -0.25) is 9.59 Å². The SMILES string of the molecule is CCOC(=O)[C@@H]1C(c2cc(OC)c(OC)c(OC)c2)CCN1C(=O)C(=O)C(C)(C)CC. The lowest BCUT2D eigenvalue weighted by Crippen LogP contribution is -2.49. The summed E-state index contributed by atoms with van der Waals surface area (Å²) in [6.07, 6.45) is 1.01. The van der Waals surface area contributed by atoms with Gasteiger partial charge in [0.05, 0.1) is 27.9 Å². The monoisotopic (exact) mass is 435 g/mol. The largest absolute Gasteiger partial charge is 0.493 e. The first-order valence-electron chi connectivity index (χ1n) is 10.5. The van der Waals surface area contributed by atoms with Crippen LogP contribution in [0.25, 0.3) is 0 Å². The van der Waals surface area contributed by atoms with Crippen LogP contribution in [-0.2, 0) is 19.1 Å². The van der Waals surface area contributed by atoms with Crippen molar-refractivity contribution in [1.29, 1.82) is 0 Å². The first-order chi connectivity index (χ1) is 14.7. The molecular weight excluding hydrogens is 402 g/mol. The van der Waals surface area contributed by atoms with Gasteiger partial charge in [0.2, 0.25) is 11.5 Å². The second kappa shape index (κ2) is 10.0. The predicted octanol–water partition coefficient (Wildman–Crippen LogP) is 2.97. The van der Waals surface area contributed by atoms with Gasteiger partial charge in [-0.05, 0) is 37.5 Å². The number of nitrogens with zero attached hydrogens (tertiary/aromatic N) is 1. The van der Waals surface area contributed by atoms with Gasteiger partial charge in [-0.2, -0.15) is 0 Å². The van der Waals surface area contributed by atoms with Crippen LogP contribution < -0.4 is 14.2 Å². The number of methoxy groups -OCH3 is 3. The van der Waals surface area contributed by atoms with E-state index in [1.54, 1.807) is 32.9 Å². The number of amides is 1. The van der Waals surface area contributed by atoms with Crippen molar-refractivity contribution < 1.29 is 33.3 Å². The van der Waals surface area contributed by atoms with Crippen molar-refractivity contribution in [2.45, 2.75) is 52.5 Å². The fourth-order valence-corrected chi connectivity index (χ4v) is 3.78. The van der Waals surface area contributed by atoms with E-state index in [1.807, 2.05) is 6.92 Å². The van der Waals surface area contributed by atoms with Gasteiger partial charge in [-0.1, -0.05) is 20.8 Å². The van der Waals surface area contributed by atoms with E-state index in [0.717, 1.165) is 5.56 Å². The number of likely N-dealkylation sites (tertiary alicyclic amines) is 1. The number of Topliss-reactive ketones (excluding diaryl/α,β-unsaturated/α-hetero) is 1. The average molecular weight is 436 g/mol. The van der Waals surface area contributed by atoms with Crippen molar-refractivity contribution in [1.82, 2.24) is 4.90 Å². The van der Waals surface area contributed by atoms with Crippen LogP contribution in [0.5, 0.6) is 17.2 Å². The molecule has 0 bridgehead atoms. The van der Waals surface area contributed by atoms with Gasteiger partial charge < -0.3 is 23.8 Å². The molecule has 1 fully saturated rings. The van der Waals surface area contributed by atoms with E-state index in [1.165, 1.54) is 26.2 Å². The van der Waals surface area contributed by atoms with Gasteiger partial charge in [-0.15, -0.1) is 0 Å². The maximum atomic E-state index is 13.1. The van der Waals surface area contributed by atoms with Gasteiger partial charge in [0.25, 0.3) is 5.91 Å². The maximum Gasteiger partial charge on any atom is 0.329 e. The summed E-state index contributed by atoms with van der Waals surface area (Å²) in [4.78, 5) is 40.2. The molecule has 1 aliphatic rings. The molecule has 1 saturated heterocycles. The van der Waals surface area contributed by atoms with E-state index in [9.17, 15) is 14.4 Å². The molecule has 2 atom stereocenters. The zero-order valence-electron chi connectivity index (χ0n) is 19.4. The van der Waals surface area contributed by atoms with Crippen LogP contribution in [0.4, 0.5) is 0 Å². The molecule has 2 rings (SSSR count). The van der Waals surface area contributed by atoms with Crippen molar-refractivity contribution in [2.24, 2.45) is 5.41 Å². The van der Waals surface area contributed by atoms with Crippen LogP contribution in [0.3, 0.4) is 0 Å². The van der Waals surface area contributed by atoms with Gasteiger partial charge in [0.15, 0.2) is 11.5 Å². The smallest absolute Gasteiger partial charge is 0.329 e. The number of hydrogen-bond donors (Lipinski definition) is 0. The molecule has 0 saturated carbocycles. The predicted molar refractivity (Wildman–Crippen MR) is 115 cm³/mol. The molecule has 8 heteroatoms. The minimum absolute atomic E-state index is 0.174. The van der Waals surface area contributed by atoms with Crippen LogP contribution in [0.15, 0.2) is 12.1 Å². The number of esters is 1. The third-order valence-electron chi connectivity index (χ3n) is 5.99. The fourth-order valence-electron chi connectivity index (χ4n) is 3.78. The molecule has 172 valence electrons. The zero-order valence-corrected chi connectivity index (χ0v) is 19.4. The molecule has 31 heavy (non-hydrogen) atoms. The number of rotatable bonds is 9. The molecule has 1 aromatic rings. The third kappa shape index (κ3) is 4.78. The molecule has 1 aliphatic heterocycles. The maximum absolute atomic E-state index is 13.1. The molecule has 0 aliphatic carbocycles. The molecule has 0 N–H and O–H groups in total. The van der Waals surface area contributed by atoms with E-state index in [2.05, 4.69) is 0 Å². The van der Waals surface area contributed by atoms with Gasteiger partial charge in [0.1, 0.15) is 6.04 Å². The highest BCUT2D eigenvalue weighted by atomic mass is 16.5. The summed E-state index contributed by atoms with van der Waals surface area (Å²) in [6.45, 7) is 7.48. The summed E-state index contributed by atoms with van der Waals surface area (Å²) in [5, 5.41) is 0. The van der Waals surface area contributed by atoms with E-state index in [0.29, 0.717) is 30.1 Å². The molecule has 8 nitrogen and oxygen atoms in total. The highest BCUT2D eigenvalue weighted by molar-refractivity contribution is 6.38. The second-order valence-electron chi connectivity index (χ2n) is 8.12. The topological polar surface area (TPSA) is 91.4 Å². The Bertz CT molecular complexity index is 808. The first kappa shape index (κ1) is 24.5. The normalized spacial score (nSPS) is 18.5. The molecule has 1 heterocycles.